The van der Waals surface area contributed by atoms with Gasteiger partial charge in [-0.05, 0) is 42.5 Å². The van der Waals surface area contributed by atoms with Crippen molar-refractivity contribution in [2.75, 3.05) is 5.43 Å². The normalized spacial score (nSPS) is 10.9. The molecule has 0 spiro atoms. The Morgan fingerprint density at radius 2 is 2.04 bits per heavy atom. The van der Waals surface area contributed by atoms with E-state index in [-0.39, 0.29) is 11.5 Å². The molecule has 2 heterocycles. The summed E-state index contributed by atoms with van der Waals surface area (Å²) in [4.78, 5) is 16.3. The zero-order valence-electron chi connectivity index (χ0n) is 12.6. The van der Waals surface area contributed by atoms with Crippen molar-refractivity contribution < 1.29 is 4.92 Å². The lowest BCUT2D eigenvalue weighted by Crippen LogP contribution is -1.98. The molecule has 0 bridgehead atoms. The maximum Gasteiger partial charge on any atom is 0.313 e. The van der Waals surface area contributed by atoms with Gasteiger partial charge in [-0.2, -0.15) is 5.10 Å². The van der Waals surface area contributed by atoms with Crippen LogP contribution in [0.2, 0.25) is 5.02 Å². The van der Waals surface area contributed by atoms with Gasteiger partial charge in [-0.1, -0.05) is 23.4 Å². The van der Waals surface area contributed by atoms with Crippen LogP contribution in [0.15, 0.2) is 68.9 Å². The van der Waals surface area contributed by atoms with Crippen molar-refractivity contribution in [3.05, 3.63) is 74.7 Å². The number of aromatic nitrogens is 1. The molecular weight excluding hydrogens is 380 g/mol. The lowest BCUT2D eigenvalue weighted by atomic mass is 10.4. The predicted molar refractivity (Wildman–Crippen MR) is 102 cm³/mol. The molecule has 0 saturated heterocycles. The number of hydrogen-bond acceptors (Lipinski definition) is 7. The van der Waals surface area contributed by atoms with Crippen molar-refractivity contribution in [1.82, 2.24) is 4.98 Å². The van der Waals surface area contributed by atoms with Gasteiger partial charge in [-0.25, -0.2) is 4.98 Å². The topological polar surface area (TPSA) is 80.4 Å². The quantitative estimate of drug-likeness (QED) is 0.351. The minimum atomic E-state index is -0.503. The van der Waals surface area contributed by atoms with Gasteiger partial charge in [0.15, 0.2) is 0 Å². The van der Waals surface area contributed by atoms with Gasteiger partial charge in [0.2, 0.25) is 5.82 Å². The van der Waals surface area contributed by atoms with E-state index >= 15 is 0 Å². The second-order valence-electron chi connectivity index (χ2n) is 4.71. The highest BCUT2D eigenvalue weighted by molar-refractivity contribution is 8.01. The fourth-order valence-corrected chi connectivity index (χ4v) is 3.99. The molecule has 0 atom stereocenters. The first kappa shape index (κ1) is 17.4. The molecule has 126 valence electrons. The summed E-state index contributed by atoms with van der Waals surface area (Å²) >= 11 is 9.07. The van der Waals surface area contributed by atoms with Gasteiger partial charge in [0.25, 0.3) is 0 Å². The number of rotatable bonds is 6. The lowest BCUT2D eigenvalue weighted by molar-refractivity contribution is -0.384. The van der Waals surface area contributed by atoms with Crippen LogP contribution in [0, 0.1) is 10.1 Å². The smallest absolute Gasteiger partial charge is 0.258 e. The van der Waals surface area contributed by atoms with E-state index in [0.29, 0.717) is 5.02 Å². The molecule has 3 rings (SSSR count). The van der Waals surface area contributed by atoms with Gasteiger partial charge in [0, 0.05) is 27.1 Å². The Labute approximate surface area is 156 Å². The Bertz CT molecular complexity index is 913. The van der Waals surface area contributed by atoms with Crippen molar-refractivity contribution in [2.45, 2.75) is 9.10 Å². The number of halogens is 1. The van der Waals surface area contributed by atoms with Gasteiger partial charge in [0.1, 0.15) is 0 Å². The molecule has 2 aromatic heterocycles. The number of hydrogen-bond donors (Lipinski definition) is 1. The van der Waals surface area contributed by atoms with E-state index in [2.05, 4.69) is 15.5 Å². The molecule has 0 amide bonds. The Hall–Kier alpha value is -2.42. The van der Waals surface area contributed by atoms with E-state index in [4.69, 9.17) is 11.6 Å². The summed E-state index contributed by atoms with van der Waals surface area (Å²) in [5.74, 6) is 0.107. The Balaban J connectivity index is 1.64. The van der Waals surface area contributed by atoms with Crippen LogP contribution < -0.4 is 5.43 Å². The molecule has 0 fully saturated rings. The average Bonchev–Trinajstić information content (AvgIpc) is 3.04. The molecule has 0 saturated carbocycles. The summed E-state index contributed by atoms with van der Waals surface area (Å²) in [5.41, 5.74) is 2.49. The molecule has 0 aliphatic heterocycles. The number of anilines is 1. The van der Waals surface area contributed by atoms with Crippen molar-refractivity contribution in [3.63, 3.8) is 0 Å². The number of nitrogens with one attached hydrogen (secondary N) is 1. The zero-order valence-corrected chi connectivity index (χ0v) is 15.0. The summed E-state index contributed by atoms with van der Waals surface area (Å²) in [6, 6.07) is 14.4. The number of pyridine rings is 1. The maximum atomic E-state index is 10.9. The van der Waals surface area contributed by atoms with Crippen molar-refractivity contribution in [3.8, 4) is 0 Å². The van der Waals surface area contributed by atoms with E-state index in [9.17, 15) is 10.1 Å². The summed E-state index contributed by atoms with van der Waals surface area (Å²) in [5, 5.41) is 15.7. The summed E-state index contributed by atoms with van der Waals surface area (Å²) in [7, 11) is 0. The fraction of sp³-hybridized carbons (Fsp3) is 0. The van der Waals surface area contributed by atoms with Crippen LogP contribution in [0.25, 0.3) is 0 Å². The molecule has 6 nitrogen and oxygen atoms in total. The SMILES string of the molecule is O=[N+]([O-])c1cccnc1N/N=C\c1ccc(Sc2ccc(Cl)cc2)s1. The highest BCUT2D eigenvalue weighted by Gasteiger charge is 2.12. The second-order valence-corrected chi connectivity index (χ2v) is 7.64. The number of nitrogens with zero attached hydrogens (tertiary/aromatic N) is 3. The van der Waals surface area contributed by atoms with Gasteiger partial charge in [0.05, 0.1) is 15.3 Å². The van der Waals surface area contributed by atoms with E-state index < -0.39 is 4.92 Å². The zero-order chi connectivity index (χ0) is 17.6. The fourth-order valence-electron chi connectivity index (χ4n) is 1.86. The predicted octanol–water partition coefficient (Wildman–Crippen LogP) is 5.30. The van der Waals surface area contributed by atoms with Crippen LogP contribution >= 0.6 is 34.7 Å². The third-order valence-electron chi connectivity index (χ3n) is 2.98. The van der Waals surface area contributed by atoms with Crippen LogP contribution in [-0.4, -0.2) is 16.1 Å². The molecule has 3 aromatic rings. The lowest BCUT2D eigenvalue weighted by Gasteiger charge is -1.99. The Morgan fingerprint density at radius 3 is 2.80 bits per heavy atom. The van der Waals surface area contributed by atoms with Crippen molar-refractivity contribution >= 4 is 52.4 Å². The molecule has 1 aromatic carbocycles. The van der Waals surface area contributed by atoms with E-state index in [1.165, 1.54) is 18.3 Å². The van der Waals surface area contributed by atoms with Gasteiger partial charge in [-0.15, -0.1) is 11.3 Å². The summed E-state index contributed by atoms with van der Waals surface area (Å²) in [6.45, 7) is 0. The Kier molecular flexibility index (Phi) is 5.64. The molecule has 0 aliphatic rings. The molecule has 0 unspecified atom stereocenters. The minimum absolute atomic E-state index is 0.107. The van der Waals surface area contributed by atoms with E-state index in [1.807, 2.05) is 36.4 Å². The summed E-state index contributed by atoms with van der Waals surface area (Å²) in [6.07, 6.45) is 3.08. The maximum absolute atomic E-state index is 10.9. The molecule has 1 N–H and O–H groups in total. The first-order valence-electron chi connectivity index (χ1n) is 7.03. The van der Waals surface area contributed by atoms with Crippen LogP contribution in [0.1, 0.15) is 4.88 Å². The van der Waals surface area contributed by atoms with Crippen LogP contribution in [0.3, 0.4) is 0 Å². The van der Waals surface area contributed by atoms with Crippen molar-refractivity contribution in [1.29, 1.82) is 0 Å². The molecule has 0 aliphatic carbocycles. The monoisotopic (exact) mass is 390 g/mol. The van der Waals surface area contributed by atoms with Crippen LogP contribution in [-0.2, 0) is 0 Å². The van der Waals surface area contributed by atoms with Gasteiger partial charge in [-0.3, -0.25) is 15.5 Å². The number of thiophene rings is 1. The second kappa shape index (κ2) is 8.11. The average molecular weight is 391 g/mol. The first-order valence-corrected chi connectivity index (χ1v) is 9.04. The molecular formula is C16H11ClN4O2S2. The molecule has 9 heteroatoms. The van der Waals surface area contributed by atoms with Crippen LogP contribution in [0.5, 0.6) is 0 Å². The van der Waals surface area contributed by atoms with Crippen LogP contribution in [0.4, 0.5) is 11.5 Å². The standard InChI is InChI=1S/C16H11ClN4O2S2/c17-11-3-5-12(6-4-11)24-15-8-7-13(25-15)10-19-20-16-14(21(22)23)2-1-9-18-16/h1-10H,(H,18,20)/b19-10-. The molecule has 0 radical (unpaired) electrons. The van der Waals surface area contributed by atoms with E-state index in [0.717, 1.165) is 14.0 Å². The highest BCUT2D eigenvalue weighted by atomic mass is 35.5. The van der Waals surface area contributed by atoms with E-state index in [1.54, 1.807) is 29.3 Å². The number of hydrazone groups is 1. The molecule has 25 heavy (non-hydrogen) atoms. The highest BCUT2D eigenvalue weighted by Crippen LogP contribution is 2.33. The number of nitro groups is 1. The Morgan fingerprint density at radius 1 is 1.24 bits per heavy atom. The largest absolute Gasteiger partial charge is 0.313 e. The third kappa shape index (κ3) is 4.79. The minimum Gasteiger partial charge on any atom is -0.258 e. The number of benzene rings is 1. The van der Waals surface area contributed by atoms with Crippen molar-refractivity contribution in [2.24, 2.45) is 5.10 Å². The van der Waals surface area contributed by atoms with Gasteiger partial charge < -0.3 is 0 Å². The first-order chi connectivity index (χ1) is 12.1. The summed E-state index contributed by atoms with van der Waals surface area (Å²) < 4.78 is 1.10. The van der Waals surface area contributed by atoms with Gasteiger partial charge >= 0.3 is 5.69 Å². The third-order valence-corrected chi connectivity index (χ3v) is 5.39.